The average Bonchev–Trinajstić information content (AvgIpc) is 2.48. The lowest BCUT2D eigenvalue weighted by molar-refractivity contribution is -0.116. The number of benzene rings is 1. The summed E-state index contributed by atoms with van der Waals surface area (Å²) in [5.41, 5.74) is 0.543. The summed E-state index contributed by atoms with van der Waals surface area (Å²) < 4.78 is 0. The number of anilines is 1. The van der Waals surface area contributed by atoms with Gasteiger partial charge in [0.2, 0.25) is 0 Å². The second kappa shape index (κ2) is 9.46. The van der Waals surface area contributed by atoms with E-state index in [1.54, 1.807) is 31.2 Å². The fourth-order valence-corrected chi connectivity index (χ4v) is 1.83. The zero-order valence-electron chi connectivity index (χ0n) is 12.5. The maximum atomic E-state index is 11.9. The van der Waals surface area contributed by atoms with E-state index in [4.69, 9.17) is 22.0 Å². The molecule has 0 aliphatic rings. The molecule has 0 saturated carbocycles. The van der Waals surface area contributed by atoms with Crippen LogP contribution in [0, 0.1) is 11.3 Å². The molecule has 0 saturated heterocycles. The minimum atomic E-state index is -0.818. The molecule has 0 fully saturated rings. The Morgan fingerprint density at radius 2 is 2.13 bits per heavy atom. The third kappa shape index (κ3) is 6.38. The first-order chi connectivity index (χ1) is 11.0. The Bertz CT molecular complexity index is 652. The number of urea groups is 1. The highest BCUT2D eigenvalue weighted by atomic mass is 35.5. The highest BCUT2D eigenvalue weighted by Gasteiger charge is 2.16. The summed E-state index contributed by atoms with van der Waals surface area (Å²) in [6.45, 7) is 1.95. The standard InChI is InChI=1S/C15H17ClN4O3/c1-10(18-6-3-7-21)13(9-17)14(22)20-15(23)19-12-5-2-4-11(16)8-12/h2,4-5,8,18,21H,3,6-7H2,1H3,(H2,19,20,22,23). The van der Waals surface area contributed by atoms with Crippen molar-refractivity contribution >= 4 is 29.2 Å². The molecule has 0 atom stereocenters. The maximum absolute atomic E-state index is 11.9. The van der Waals surface area contributed by atoms with E-state index in [0.717, 1.165) is 0 Å². The van der Waals surface area contributed by atoms with Crippen LogP contribution >= 0.6 is 11.6 Å². The molecule has 0 unspecified atom stereocenters. The van der Waals surface area contributed by atoms with Crippen molar-refractivity contribution in [3.63, 3.8) is 0 Å². The number of hydrogen-bond donors (Lipinski definition) is 4. The molecular formula is C15H17ClN4O3. The molecule has 0 aromatic heterocycles. The lowest BCUT2D eigenvalue weighted by Gasteiger charge is -2.09. The molecule has 7 nitrogen and oxygen atoms in total. The number of hydrogen-bond acceptors (Lipinski definition) is 5. The number of carbonyl (C=O) groups is 2. The normalized spacial score (nSPS) is 11.0. The smallest absolute Gasteiger partial charge is 0.326 e. The number of amides is 3. The van der Waals surface area contributed by atoms with E-state index >= 15 is 0 Å². The van der Waals surface area contributed by atoms with E-state index in [2.05, 4.69) is 16.0 Å². The number of rotatable bonds is 6. The number of allylic oxidation sites excluding steroid dienone is 1. The van der Waals surface area contributed by atoms with Gasteiger partial charge in [-0.3, -0.25) is 10.1 Å². The third-order valence-corrected chi connectivity index (χ3v) is 2.98. The van der Waals surface area contributed by atoms with Crippen molar-refractivity contribution in [3.8, 4) is 6.07 Å². The van der Waals surface area contributed by atoms with Gasteiger partial charge in [-0.05, 0) is 31.5 Å². The molecule has 1 aromatic carbocycles. The van der Waals surface area contributed by atoms with Gasteiger partial charge in [0.1, 0.15) is 11.6 Å². The first kappa shape index (κ1) is 18.5. The van der Waals surface area contributed by atoms with Crippen LogP contribution in [0.15, 0.2) is 35.5 Å². The van der Waals surface area contributed by atoms with Gasteiger partial charge in [-0.15, -0.1) is 0 Å². The van der Waals surface area contributed by atoms with E-state index in [-0.39, 0.29) is 12.2 Å². The Kier molecular flexibility index (Phi) is 7.60. The number of nitrogens with zero attached hydrogens (tertiary/aromatic N) is 1. The first-order valence-corrected chi connectivity index (χ1v) is 7.19. The summed E-state index contributed by atoms with van der Waals surface area (Å²) in [7, 11) is 0. The topological polar surface area (TPSA) is 114 Å². The maximum Gasteiger partial charge on any atom is 0.326 e. The SMILES string of the molecule is CC(NCCCO)=C(C#N)C(=O)NC(=O)Nc1cccc(Cl)c1. The minimum absolute atomic E-state index is 0.00357. The van der Waals surface area contributed by atoms with Crippen LogP contribution in [0.5, 0.6) is 0 Å². The fraction of sp³-hybridized carbons (Fsp3) is 0.267. The Hall–Kier alpha value is -2.56. The molecule has 0 radical (unpaired) electrons. The highest BCUT2D eigenvalue weighted by molar-refractivity contribution is 6.30. The van der Waals surface area contributed by atoms with Crippen molar-refractivity contribution in [2.24, 2.45) is 0 Å². The molecule has 8 heteroatoms. The molecule has 0 bridgehead atoms. The van der Waals surface area contributed by atoms with Crippen molar-refractivity contribution < 1.29 is 14.7 Å². The third-order valence-electron chi connectivity index (χ3n) is 2.75. The van der Waals surface area contributed by atoms with Crippen LogP contribution in [0.1, 0.15) is 13.3 Å². The molecule has 0 heterocycles. The molecule has 122 valence electrons. The van der Waals surface area contributed by atoms with Crippen LogP contribution in [-0.2, 0) is 4.79 Å². The Labute approximate surface area is 138 Å². The molecule has 0 aliphatic carbocycles. The number of halogens is 1. The van der Waals surface area contributed by atoms with Crippen molar-refractivity contribution in [2.45, 2.75) is 13.3 Å². The summed E-state index contributed by atoms with van der Waals surface area (Å²) in [5, 5.41) is 25.5. The molecule has 0 spiro atoms. The molecule has 4 N–H and O–H groups in total. The largest absolute Gasteiger partial charge is 0.396 e. The lowest BCUT2D eigenvalue weighted by Crippen LogP contribution is -2.36. The number of carbonyl (C=O) groups excluding carboxylic acids is 2. The van der Waals surface area contributed by atoms with E-state index in [1.165, 1.54) is 6.07 Å². The van der Waals surface area contributed by atoms with Gasteiger partial charge >= 0.3 is 6.03 Å². The molecule has 0 aliphatic heterocycles. The van der Waals surface area contributed by atoms with Crippen LogP contribution in [0.2, 0.25) is 5.02 Å². The summed E-state index contributed by atoms with van der Waals surface area (Å²) in [6.07, 6.45) is 0.479. The van der Waals surface area contributed by atoms with Crippen molar-refractivity contribution in [2.75, 3.05) is 18.5 Å². The van der Waals surface area contributed by atoms with Gasteiger partial charge in [-0.25, -0.2) is 4.79 Å². The minimum Gasteiger partial charge on any atom is -0.396 e. The first-order valence-electron chi connectivity index (χ1n) is 6.81. The molecule has 3 amide bonds. The second-order valence-corrected chi connectivity index (χ2v) is 4.97. The number of aliphatic hydroxyl groups is 1. The van der Waals surface area contributed by atoms with Gasteiger partial charge in [-0.1, -0.05) is 17.7 Å². The van der Waals surface area contributed by atoms with E-state index in [9.17, 15) is 9.59 Å². The summed E-state index contributed by atoms with van der Waals surface area (Å²) >= 11 is 5.79. The van der Waals surface area contributed by atoms with E-state index in [0.29, 0.717) is 29.4 Å². The number of nitriles is 1. The van der Waals surface area contributed by atoms with E-state index in [1.807, 2.05) is 0 Å². The van der Waals surface area contributed by atoms with Crippen LogP contribution in [0.25, 0.3) is 0 Å². The second-order valence-electron chi connectivity index (χ2n) is 4.53. The summed E-state index contributed by atoms with van der Waals surface area (Å²) in [4.78, 5) is 23.7. The lowest BCUT2D eigenvalue weighted by atomic mass is 10.2. The van der Waals surface area contributed by atoms with Crippen LogP contribution in [0.3, 0.4) is 0 Å². The van der Waals surface area contributed by atoms with Crippen molar-refractivity contribution in [1.29, 1.82) is 5.26 Å². The van der Waals surface area contributed by atoms with Gasteiger partial charge in [0, 0.05) is 29.6 Å². The Morgan fingerprint density at radius 1 is 1.39 bits per heavy atom. The fourth-order valence-electron chi connectivity index (χ4n) is 1.64. The van der Waals surface area contributed by atoms with Crippen molar-refractivity contribution in [1.82, 2.24) is 10.6 Å². The molecule has 1 rings (SSSR count). The Balaban J connectivity index is 2.67. The van der Waals surface area contributed by atoms with Crippen molar-refractivity contribution in [3.05, 3.63) is 40.6 Å². The van der Waals surface area contributed by atoms with Gasteiger partial charge in [-0.2, -0.15) is 5.26 Å². The average molecular weight is 337 g/mol. The van der Waals surface area contributed by atoms with Gasteiger partial charge in [0.15, 0.2) is 0 Å². The van der Waals surface area contributed by atoms with Gasteiger partial charge < -0.3 is 15.7 Å². The van der Waals surface area contributed by atoms with Gasteiger partial charge in [0.25, 0.3) is 5.91 Å². The predicted molar refractivity (Wildman–Crippen MR) is 86.6 cm³/mol. The van der Waals surface area contributed by atoms with Crippen LogP contribution < -0.4 is 16.0 Å². The van der Waals surface area contributed by atoms with Crippen LogP contribution in [0.4, 0.5) is 10.5 Å². The number of imide groups is 1. The summed E-state index contributed by atoms with van der Waals surface area (Å²) in [6, 6.07) is 7.41. The van der Waals surface area contributed by atoms with Gasteiger partial charge in [0.05, 0.1) is 0 Å². The summed E-state index contributed by atoms with van der Waals surface area (Å²) in [5.74, 6) is -0.818. The molecule has 1 aromatic rings. The number of nitrogens with one attached hydrogen (secondary N) is 3. The van der Waals surface area contributed by atoms with E-state index < -0.39 is 11.9 Å². The quantitative estimate of drug-likeness (QED) is 0.359. The Morgan fingerprint density at radius 3 is 2.74 bits per heavy atom. The zero-order valence-corrected chi connectivity index (χ0v) is 13.3. The predicted octanol–water partition coefficient (Wildman–Crippen LogP) is 1.76. The zero-order chi connectivity index (χ0) is 17.2. The van der Waals surface area contributed by atoms with Crippen LogP contribution in [-0.4, -0.2) is 30.2 Å². The highest BCUT2D eigenvalue weighted by Crippen LogP contribution is 2.14. The number of aliphatic hydroxyl groups excluding tert-OH is 1. The molecule has 23 heavy (non-hydrogen) atoms. The monoisotopic (exact) mass is 336 g/mol. The molecular weight excluding hydrogens is 320 g/mol.